The first-order chi connectivity index (χ1) is 9.93. The number of benzene rings is 2. The summed E-state index contributed by atoms with van der Waals surface area (Å²) in [6.45, 7) is 0. The van der Waals surface area contributed by atoms with Crippen molar-refractivity contribution in [2.24, 2.45) is 0 Å². The minimum absolute atomic E-state index is 0.128. The molecule has 1 amide bonds. The highest BCUT2D eigenvalue weighted by Gasteiger charge is 2.23. The summed E-state index contributed by atoms with van der Waals surface area (Å²) in [5, 5.41) is 10.9. The molecule has 2 aromatic rings. The Morgan fingerprint density at radius 1 is 1.05 bits per heavy atom. The number of nitrogens with one attached hydrogen (secondary N) is 1. The molecule has 0 saturated carbocycles. The van der Waals surface area contributed by atoms with Crippen LogP contribution in [0.1, 0.15) is 15.9 Å². The number of anilines is 1. The number of amides is 1. The van der Waals surface area contributed by atoms with Gasteiger partial charge >= 0.3 is 0 Å². The van der Waals surface area contributed by atoms with Crippen LogP contribution >= 0.6 is 0 Å². The van der Waals surface area contributed by atoms with Crippen molar-refractivity contribution in [2.45, 2.75) is 0 Å². The van der Waals surface area contributed by atoms with Crippen molar-refractivity contribution < 1.29 is 22.4 Å². The molecule has 1 N–H and O–H groups in total. The summed E-state index contributed by atoms with van der Waals surface area (Å²) < 4.78 is 52.3. The largest absolute Gasteiger partial charge is 0.322 e. The number of nitriles is 1. The summed E-state index contributed by atoms with van der Waals surface area (Å²) in [5.74, 6) is -8.69. The van der Waals surface area contributed by atoms with E-state index in [1.165, 1.54) is 24.3 Å². The highest BCUT2D eigenvalue weighted by atomic mass is 19.2. The number of rotatable bonds is 2. The van der Waals surface area contributed by atoms with Crippen LogP contribution in [0.25, 0.3) is 0 Å². The maximum Gasteiger partial charge on any atom is 0.258 e. The lowest BCUT2D eigenvalue weighted by Gasteiger charge is -2.07. The fraction of sp³-hybridized carbons (Fsp3) is 0. The van der Waals surface area contributed by atoms with E-state index >= 15 is 0 Å². The van der Waals surface area contributed by atoms with E-state index in [1.54, 1.807) is 0 Å². The van der Waals surface area contributed by atoms with Crippen molar-refractivity contribution in [1.29, 1.82) is 5.26 Å². The third-order valence-corrected chi connectivity index (χ3v) is 2.60. The van der Waals surface area contributed by atoms with Crippen molar-refractivity contribution >= 4 is 11.6 Å². The van der Waals surface area contributed by atoms with E-state index in [0.717, 1.165) is 0 Å². The Hall–Kier alpha value is -2.88. The second-order valence-corrected chi connectivity index (χ2v) is 3.99. The Morgan fingerprint density at radius 2 is 1.76 bits per heavy atom. The molecule has 0 atom stereocenters. The SMILES string of the molecule is N#Cc1cccc(NC(=O)c2cc(F)c(F)c(F)c2F)c1. The van der Waals surface area contributed by atoms with Gasteiger partial charge in [0.1, 0.15) is 0 Å². The van der Waals surface area contributed by atoms with E-state index in [1.807, 2.05) is 6.07 Å². The van der Waals surface area contributed by atoms with Gasteiger partial charge in [0, 0.05) is 5.69 Å². The van der Waals surface area contributed by atoms with Crippen LogP contribution in [0.3, 0.4) is 0 Å². The van der Waals surface area contributed by atoms with Crippen LogP contribution in [-0.4, -0.2) is 5.91 Å². The Kier molecular flexibility index (Phi) is 3.89. The van der Waals surface area contributed by atoms with E-state index in [9.17, 15) is 22.4 Å². The molecule has 21 heavy (non-hydrogen) atoms. The molecule has 0 unspecified atom stereocenters. The fourth-order valence-corrected chi connectivity index (χ4v) is 1.60. The highest BCUT2D eigenvalue weighted by molar-refractivity contribution is 6.04. The predicted octanol–water partition coefficient (Wildman–Crippen LogP) is 3.37. The minimum atomic E-state index is -2.06. The number of hydrogen-bond acceptors (Lipinski definition) is 2. The molecule has 2 rings (SSSR count). The summed E-state index contributed by atoms with van der Waals surface area (Å²) in [6.07, 6.45) is 0. The molecule has 0 fully saturated rings. The van der Waals surface area contributed by atoms with Gasteiger partial charge in [-0.2, -0.15) is 5.26 Å². The summed E-state index contributed by atoms with van der Waals surface area (Å²) in [5.41, 5.74) is -0.623. The Morgan fingerprint density at radius 3 is 2.43 bits per heavy atom. The van der Waals surface area contributed by atoms with Crippen LogP contribution in [0.2, 0.25) is 0 Å². The van der Waals surface area contributed by atoms with Gasteiger partial charge in [0.2, 0.25) is 0 Å². The molecule has 0 aliphatic rings. The quantitative estimate of drug-likeness (QED) is 0.524. The van der Waals surface area contributed by atoms with Crippen LogP contribution < -0.4 is 5.32 Å². The highest BCUT2D eigenvalue weighted by Crippen LogP contribution is 2.20. The number of halogens is 4. The lowest BCUT2D eigenvalue weighted by atomic mass is 10.1. The van der Waals surface area contributed by atoms with E-state index in [2.05, 4.69) is 5.32 Å². The maximum atomic E-state index is 13.4. The molecule has 7 heteroatoms. The first kappa shape index (κ1) is 14.5. The Balaban J connectivity index is 2.35. The molecule has 0 radical (unpaired) electrons. The molecule has 0 aliphatic carbocycles. The summed E-state index contributed by atoms with van der Waals surface area (Å²) in [4.78, 5) is 11.8. The second-order valence-electron chi connectivity index (χ2n) is 3.99. The monoisotopic (exact) mass is 294 g/mol. The fourth-order valence-electron chi connectivity index (χ4n) is 1.60. The maximum absolute atomic E-state index is 13.4. The number of nitrogens with zero attached hydrogens (tertiary/aromatic N) is 1. The molecular formula is C14H6F4N2O. The summed E-state index contributed by atoms with van der Waals surface area (Å²) >= 11 is 0. The van der Waals surface area contributed by atoms with Gasteiger partial charge in [-0.25, -0.2) is 17.6 Å². The zero-order valence-corrected chi connectivity index (χ0v) is 10.3. The molecule has 0 aliphatic heterocycles. The van der Waals surface area contributed by atoms with Crippen LogP contribution in [0.5, 0.6) is 0 Å². The molecule has 0 spiro atoms. The van der Waals surface area contributed by atoms with Crippen molar-refractivity contribution in [2.75, 3.05) is 5.32 Å². The molecule has 2 aromatic carbocycles. The van der Waals surface area contributed by atoms with Crippen LogP contribution in [0.15, 0.2) is 30.3 Å². The lowest BCUT2D eigenvalue weighted by Crippen LogP contribution is -2.16. The van der Waals surface area contributed by atoms with Crippen molar-refractivity contribution in [3.05, 3.63) is 64.7 Å². The zero-order valence-electron chi connectivity index (χ0n) is 10.3. The van der Waals surface area contributed by atoms with Gasteiger partial charge < -0.3 is 5.32 Å². The lowest BCUT2D eigenvalue weighted by molar-refractivity contribution is 0.102. The van der Waals surface area contributed by atoms with Gasteiger partial charge in [-0.1, -0.05) is 6.07 Å². The first-order valence-corrected chi connectivity index (χ1v) is 5.58. The topological polar surface area (TPSA) is 52.9 Å². The first-order valence-electron chi connectivity index (χ1n) is 5.58. The average molecular weight is 294 g/mol. The average Bonchev–Trinajstić information content (AvgIpc) is 2.48. The normalized spacial score (nSPS) is 10.0. The second kappa shape index (κ2) is 5.63. The van der Waals surface area contributed by atoms with E-state index in [-0.39, 0.29) is 17.3 Å². The number of hydrogen-bond donors (Lipinski definition) is 1. The van der Waals surface area contributed by atoms with Crippen molar-refractivity contribution in [3.63, 3.8) is 0 Å². The Labute approximate surface area is 116 Å². The van der Waals surface area contributed by atoms with Gasteiger partial charge in [0.15, 0.2) is 23.3 Å². The number of carbonyl (C=O) groups excluding carboxylic acids is 1. The Bertz CT molecular complexity index is 768. The van der Waals surface area contributed by atoms with Gasteiger partial charge in [-0.15, -0.1) is 0 Å². The molecule has 0 heterocycles. The molecular weight excluding hydrogens is 288 g/mol. The number of carbonyl (C=O) groups is 1. The van der Waals surface area contributed by atoms with E-state index in [4.69, 9.17) is 5.26 Å². The molecule has 0 saturated heterocycles. The van der Waals surface area contributed by atoms with E-state index in [0.29, 0.717) is 0 Å². The van der Waals surface area contributed by atoms with Gasteiger partial charge in [-0.05, 0) is 24.3 Å². The van der Waals surface area contributed by atoms with Crippen molar-refractivity contribution in [1.82, 2.24) is 0 Å². The molecule has 0 bridgehead atoms. The summed E-state index contributed by atoms with van der Waals surface area (Å²) in [7, 11) is 0. The molecule has 0 aromatic heterocycles. The minimum Gasteiger partial charge on any atom is -0.322 e. The zero-order chi connectivity index (χ0) is 15.6. The van der Waals surface area contributed by atoms with Crippen LogP contribution in [0, 0.1) is 34.6 Å². The van der Waals surface area contributed by atoms with Crippen LogP contribution in [-0.2, 0) is 0 Å². The van der Waals surface area contributed by atoms with Gasteiger partial charge in [0.05, 0.1) is 17.2 Å². The summed E-state index contributed by atoms with van der Waals surface area (Å²) in [6, 6.07) is 7.68. The van der Waals surface area contributed by atoms with Crippen LogP contribution in [0.4, 0.5) is 23.2 Å². The smallest absolute Gasteiger partial charge is 0.258 e. The van der Waals surface area contributed by atoms with Crippen molar-refractivity contribution in [3.8, 4) is 6.07 Å². The van der Waals surface area contributed by atoms with E-state index < -0.39 is 34.7 Å². The third-order valence-electron chi connectivity index (χ3n) is 2.60. The van der Waals surface area contributed by atoms with Gasteiger partial charge in [-0.3, -0.25) is 4.79 Å². The third kappa shape index (κ3) is 2.84. The molecule has 106 valence electrons. The van der Waals surface area contributed by atoms with Gasteiger partial charge in [0.25, 0.3) is 5.91 Å². The standard InChI is InChI=1S/C14H6F4N2O/c15-10-5-9(11(16)13(18)12(10)17)14(21)20-8-3-1-2-7(4-8)6-19/h1-5H,(H,20,21). The molecule has 3 nitrogen and oxygen atoms in total. The predicted molar refractivity (Wildman–Crippen MR) is 65.4 cm³/mol.